The summed E-state index contributed by atoms with van der Waals surface area (Å²) in [6.07, 6.45) is 9.81. The Labute approximate surface area is 156 Å². The molecule has 5 nitrogen and oxygen atoms in total. The minimum atomic E-state index is -0.675. The van der Waals surface area contributed by atoms with Crippen LogP contribution in [0.2, 0.25) is 0 Å². The molecular formula is C21H30O5. The highest BCUT2D eigenvalue weighted by Crippen LogP contribution is 2.11. The maximum atomic E-state index is 10.9. The summed E-state index contributed by atoms with van der Waals surface area (Å²) < 4.78 is 10.8. The first-order valence-electron chi connectivity index (χ1n) is 9.31. The zero-order chi connectivity index (χ0) is 19.0. The third-order valence-electron chi connectivity index (χ3n) is 3.78. The van der Waals surface area contributed by atoms with Crippen molar-refractivity contribution < 1.29 is 24.2 Å². The second kappa shape index (κ2) is 14.1. The number of benzene rings is 1. The molecule has 0 bridgehead atoms. The Morgan fingerprint density at radius 2 is 2.04 bits per heavy atom. The quantitative estimate of drug-likeness (QED) is 0.493. The molecule has 1 atom stereocenters. The van der Waals surface area contributed by atoms with Crippen molar-refractivity contribution in [3.05, 3.63) is 42.5 Å². The third-order valence-corrected chi connectivity index (χ3v) is 3.78. The van der Waals surface area contributed by atoms with Crippen LogP contribution < -0.4 is 4.74 Å². The molecule has 1 saturated heterocycles. The van der Waals surface area contributed by atoms with Crippen molar-refractivity contribution in [1.29, 1.82) is 0 Å². The largest absolute Gasteiger partial charge is 0.493 e. The van der Waals surface area contributed by atoms with Gasteiger partial charge in [-0.15, -0.1) is 0 Å². The van der Waals surface area contributed by atoms with Crippen molar-refractivity contribution in [3.63, 3.8) is 0 Å². The van der Waals surface area contributed by atoms with Crippen molar-refractivity contribution in [3.8, 4) is 5.75 Å². The van der Waals surface area contributed by atoms with Gasteiger partial charge in [-0.2, -0.15) is 0 Å². The van der Waals surface area contributed by atoms with E-state index in [1.807, 2.05) is 42.5 Å². The molecule has 0 radical (unpaired) electrons. The summed E-state index contributed by atoms with van der Waals surface area (Å²) in [6.45, 7) is 3.01. The lowest BCUT2D eigenvalue weighted by atomic mass is 10.2. The van der Waals surface area contributed by atoms with E-state index >= 15 is 0 Å². The van der Waals surface area contributed by atoms with E-state index in [0.717, 1.165) is 31.4 Å². The number of rotatable bonds is 10. The van der Waals surface area contributed by atoms with Crippen molar-refractivity contribution in [2.75, 3.05) is 13.2 Å². The molecule has 1 aliphatic heterocycles. The normalized spacial score (nSPS) is 16.3. The van der Waals surface area contributed by atoms with Crippen LogP contribution in [0.3, 0.4) is 0 Å². The van der Waals surface area contributed by atoms with E-state index in [1.54, 1.807) is 0 Å². The number of carbonyl (C=O) groups excluding carboxylic acids is 1. The standard InChI is InChI=1S/C14H16O3.C7H14O2/c15-12-10-14(17-11-12)8-4-5-9-16-13-6-2-1-3-7-13;1-2-3-4-5-6-7(8)9/h1-4,6-8,14H,5,9-11H2;2-6H2,1H3,(H,8,9)/b8-4+;. The lowest BCUT2D eigenvalue weighted by molar-refractivity contribution is -0.137. The molecule has 2 rings (SSSR count). The second-order valence-corrected chi connectivity index (χ2v) is 6.17. The summed E-state index contributed by atoms with van der Waals surface area (Å²) in [5.41, 5.74) is 0. The highest BCUT2D eigenvalue weighted by Gasteiger charge is 2.19. The molecule has 1 aliphatic rings. The predicted molar refractivity (Wildman–Crippen MR) is 101 cm³/mol. The molecule has 5 heteroatoms. The fraction of sp³-hybridized carbons (Fsp3) is 0.524. The topological polar surface area (TPSA) is 72.8 Å². The molecule has 0 saturated carbocycles. The van der Waals surface area contributed by atoms with Gasteiger partial charge >= 0.3 is 5.97 Å². The van der Waals surface area contributed by atoms with E-state index in [1.165, 1.54) is 6.42 Å². The van der Waals surface area contributed by atoms with E-state index in [0.29, 0.717) is 19.4 Å². The maximum absolute atomic E-state index is 10.9. The molecule has 1 unspecified atom stereocenters. The Bertz CT molecular complexity index is 539. The van der Waals surface area contributed by atoms with Gasteiger partial charge in [-0.25, -0.2) is 0 Å². The molecular weight excluding hydrogens is 332 g/mol. The maximum Gasteiger partial charge on any atom is 0.303 e. The molecule has 26 heavy (non-hydrogen) atoms. The summed E-state index contributed by atoms with van der Waals surface area (Å²) >= 11 is 0. The highest BCUT2D eigenvalue weighted by molar-refractivity contribution is 5.82. The number of hydrogen-bond donors (Lipinski definition) is 1. The summed E-state index contributed by atoms with van der Waals surface area (Å²) in [7, 11) is 0. The monoisotopic (exact) mass is 362 g/mol. The number of carbonyl (C=O) groups is 2. The van der Waals surface area contributed by atoms with Gasteiger partial charge in [0.05, 0.1) is 12.7 Å². The van der Waals surface area contributed by atoms with Gasteiger partial charge in [-0.3, -0.25) is 9.59 Å². The highest BCUT2D eigenvalue weighted by atomic mass is 16.5. The number of unbranched alkanes of at least 4 members (excludes halogenated alkanes) is 3. The first-order valence-corrected chi connectivity index (χ1v) is 9.31. The van der Waals surface area contributed by atoms with Crippen molar-refractivity contribution in [1.82, 2.24) is 0 Å². The summed E-state index contributed by atoms with van der Waals surface area (Å²) in [6, 6.07) is 9.72. The fourth-order valence-electron chi connectivity index (χ4n) is 2.38. The minimum absolute atomic E-state index is 0.0285. The van der Waals surface area contributed by atoms with Crippen molar-refractivity contribution in [2.24, 2.45) is 0 Å². The molecule has 1 heterocycles. The van der Waals surface area contributed by atoms with Gasteiger partial charge in [-0.1, -0.05) is 56.5 Å². The molecule has 0 amide bonds. The minimum Gasteiger partial charge on any atom is -0.493 e. The Kier molecular flexibility index (Phi) is 11.9. The van der Waals surface area contributed by atoms with E-state index in [-0.39, 0.29) is 18.5 Å². The Balaban J connectivity index is 0.000000321. The van der Waals surface area contributed by atoms with Crippen molar-refractivity contribution in [2.45, 2.75) is 58.0 Å². The number of aliphatic carboxylic acids is 1. The Hall–Kier alpha value is -2.14. The summed E-state index contributed by atoms with van der Waals surface area (Å²) in [5, 5.41) is 8.21. The number of ketones is 1. The molecule has 1 N–H and O–H groups in total. The molecule has 1 aromatic rings. The van der Waals surface area contributed by atoms with Gasteiger partial charge in [0.15, 0.2) is 5.78 Å². The molecule has 1 aromatic carbocycles. The first-order chi connectivity index (χ1) is 12.6. The molecule has 0 aliphatic carbocycles. The summed E-state index contributed by atoms with van der Waals surface area (Å²) in [5.74, 6) is 0.388. The van der Waals surface area contributed by atoms with Gasteiger partial charge in [0.25, 0.3) is 0 Å². The number of hydrogen-bond acceptors (Lipinski definition) is 4. The number of carboxylic acids is 1. The number of Topliss-reactive ketones (excluding diaryl/α,β-unsaturated/α-hetero) is 1. The van der Waals surface area contributed by atoms with Crippen LogP contribution in [0.15, 0.2) is 42.5 Å². The van der Waals surface area contributed by atoms with Crippen LogP contribution in [-0.2, 0) is 14.3 Å². The first kappa shape index (κ1) is 21.9. The zero-order valence-electron chi connectivity index (χ0n) is 15.6. The summed E-state index contributed by atoms with van der Waals surface area (Å²) in [4.78, 5) is 20.9. The van der Waals surface area contributed by atoms with Gasteiger partial charge in [0.1, 0.15) is 12.4 Å². The molecule has 144 valence electrons. The van der Waals surface area contributed by atoms with Gasteiger partial charge < -0.3 is 14.6 Å². The lowest BCUT2D eigenvalue weighted by Crippen LogP contribution is -2.00. The van der Waals surface area contributed by atoms with Crippen LogP contribution in [0, 0.1) is 0 Å². The van der Waals surface area contributed by atoms with E-state index in [2.05, 4.69) is 6.92 Å². The predicted octanol–water partition coefficient (Wildman–Crippen LogP) is 4.41. The molecule has 0 aromatic heterocycles. The third kappa shape index (κ3) is 11.4. The second-order valence-electron chi connectivity index (χ2n) is 6.17. The zero-order valence-corrected chi connectivity index (χ0v) is 15.6. The number of carboxylic acid groups (broad SMARTS) is 1. The van der Waals surface area contributed by atoms with Crippen LogP contribution in [0.1, 0.15) is 51.9 Å². The molecule has 0 spiro atoms. The van der Waals surface area contributed by atoms with E-state index in [4.69, 9.17) is 14.6 Å². The molecule has 1 fully saturated rings. The van der Waals surface area contributed by atoms with Crippen molar-refractivity contribution >= 4 is 11.8 Å². The van der Waals surface area contributed by atoms with Crippen LogP contribution in [0.25, 0.3) is 0 Å². The van der Waals surface area contributed by atoms with Crippen LogP contribution in [0.4, 0.5) is 0 Å². The van der Waals surface area contributed by atoms with Gasteiger partial charge in [0, 0.05) is 12.8 Å². The average Bonchev–Trinajstić information content (AvgIpc) is 3.05. The van der Waals surface area contributed by atoms with Crippen LogP contribution in [-0.4, -0.2) is 36.2 Å². The van der Waals surface area contributed by atoms with Crippen LogP contribution in [0.5, 0.6) is 5.75 Å². The lowest BCUT2D eigenvalue weighted by Gasteiger charge is -2.04. The fourth-order valence-corrected chi connectivity index (χ4v) is 2.38. The van der Waals surface area contributed by atoms with E-state index in [9.17, 15) is 9.59 Å². The Morgan fingerprint density at radius 3 is 2.65 bits per heavy atom. The van der Waals surface area contributed by atoms with Gasteiger partial charge in [0.2, 0.25) is 0 Å². The smallest absolute Gasteiger partial charge is 0.303 e. The number of para-hydroxylation sites is 1. The average molecular weight is 362 g/mol. The SMILES string of the molecule is CCCCCCC(=O)O.O=C1COC(/C=C/CCOc2ccccc2)C1. The van der Waals surface area contributed by atoms with Crippen LogP contribution >= 0.6 is 0 Å². The number of ether oxygens (including phenoxy) is 2. The van der Waals surface area contributed by atoms with Gasteiger partial charge in [-0.05, 0) is 25.0 Å². The van der Waals surface area contributed by atoms with E-state index < -0.39 is 5.97 Å². The Morgan fingerprint density at radius 1 is 1.27 bits per heavy atom.